The van der Waals surface area contributed by atoms with Crippen LogP contribution >= 0.6 is 11.8 Å². The van der Waals surface area contributed by atoms with Gasteiger partial charge in [-0.3, -0.25) is 4.79 Å². The van der Waals surface area contributed by atoms with Crippen LogP contribution in [0, 0.1) is 0 Å². The Morgan fingerprint density at radius 1 is 0.955 bits per heavy atom. The van der Waals surface area contributed by atoms with Crippen LogP contribution in [0.25, 0.3) is 0 Å². The summed E-state index contributed by atoms with van der Waals surface area (Å²) in [6.07, 6.45) is 1.80. The van der Waals surface area contributed by atoms with Gasteiger partial charge < -0.3 is 4.74 Å². The molecule has 0 bridgehead atoms. The summed E-state index contributed by atoms with van der Waals surface area (Å²) in [6.45, 7) is 1.59. The molecule has 0 unspecified atom stereocenters. The van der Waals surface area contributed by atoms with Gasteiger partial charge in [-0.1, -0.05) is 23.9 Å². The van der Waals surface area contributed by atoms with Crippen molar-refractivity contribution in [3.63, 3.8) is 0 Å². The third kappa shape index (κ3) is 2.79. The van der Waals surface area contributed by atoms with Gasteiger partial charge in [-0.2, -0.15) is 0 Å². The van der Waals surface area contributed by atoms with Crippen molar-refractivity contribution in [3.05, 3.63) is 58.7 Å². The second kappa shape index (κ2) is 5.97. The first-order valence-electron chi connectivity index (χ1n) is 7.11. The van der Waals surface area contributed by atoms with Gasteiger partial charge in [0.25, 0.3) is 0 Å². The molecule has 112 valence electrons. The Kier molecular flexibility index (Phi) is 4.03. The molecule has 2 aromatic carbocycles. The summed E-state index contributed by atoms with van der Waals surface area (Å²) in [5, 5.41) is 0. The number of benzene rings is 2. The smallest absolute Gasteiger partial charge is 0.337 e. The van der Waals surface area contributed by atoms with E-state index in [0.29, 0.717) is 5.56 Å². The number of hydrogen-bond donors (Lipinski definition) is 0. The average Bonchev–Trinajstić information content (AvgIpc) is 2.71. The summed E-state index contributed by atoms with van der Waals surface area (Å²) in [5.74, 6) is -0.234. The molecule has 0 N–H and O–H groups in total. The lowest BCUT2D eigenvalue weighted by Gasteiger charge is -2.08. The molecule has 0 spiro atoms. The van der Waals surface area contributed by atoms with Crippen molar-refractivity contribution < 1.29 is 14.3 Å². The lowest BCUT2D eigenvalue weighted by Crippen LogP contribution is -2.02. The van der Waals surface area contributed by atoms with E-state index < -0.39 is 0 Å². The molecule has 0 atom stereocenters. The van der Waals surface area contributed by atoms with E-state index in [1.54, 1.807) is 18.7 Å². The number of methoxy groups -OCH3 is 1. The summed E-state index contributed by atoms with van der Waals surface area (Å²) in [6, 6.07) is 11.5. The SMILES string of the molecule is COC(=O)c1ccc2c(c1)Sc1ccc(C(C)=O)cc1CC2. The monoisotopic (exact) mass is 312 g/mol. The Labute approximate surface area is 133 Å². The highest BCUT2D eigenvalue weighted by atomic mass is 32.2. The van der Waals surface area contributed by atoms with E-state index in [1.165, 1.54) is 18.2 Å². The number of ether oxygens (including phenoxy) is 1. The highest BCUT2D eigenvalue weighted by molar-refractivity contribution is 7.99. The van der Waals surface area contributed by atoms with Gasteiger partial charge in [0.05, 0.1) is 12.7 Å². The molecular formula is C18H16O3S. The quantitative estimate of drug-likeness (QED) is 0.622. The molecule has 1 aliphatic rings. The number of esters is 1. The number of hydrogen-bond acceptors (Lipinski definition) is 4. The maximum absolute atomic E-state index is 11.7. The van der Waals surface area contributed by atoms with Crippen LogP contribution < -0.4 is 0 Å². The Morgan fingerprint density at radius 3 is 2.41 bits per heavy atom. The van der Waals surface area contributed by atoms with Crippen LogP contribution in [0.1, 0.15) is 38.8 Å². The second-order valence-corrected chi connectivity index (χ2v) is 6.38. The van der Waals surface area contributed by atoms with E-state index in [1.807, 2.05) is 36.4 Å². The maximum Gasteiger partial charge on any atom is 0.337 e. The minimum atomic E-state index is -0.320. The molecule has 1 aliphatic heterocycles. The fourth-order valence-electron chi connectivity index (χ4n) is 2.58. The predicted molar refractivity (Wildman–Crippen MR) is 85.8 cm³/mol. The fourth-order valence-corrected chi connectivity index (χ4v) is 3.73. The molecule has 1 heterocycles. The molecule has 0 fully saturated rings. The summed E-state index contributed by atoms with van der Waals surface area (Å²) >= 11 is 1.65. The minimum absolute atomic E-state index is 0.0857. The zero-order valence-electron chi connectivity index (χ0n) is 12.5. The molecule has 0 aromatic heterocycles. The Balaban J connectivity index is 1.99. The summed E-state index contributed by atoms with van der Waals surface area (Å²) in [5.41, 5.74) is 3.73. The Hall–Kier alpha value is -2.07. The number of fused-ring (bicyclic) bond motifs is 2. The van der Waals surface area contributed by atoms with E-state index in [4.69, 9.17) is 4.74 Å². The fraction of sp³-hybridized carbons (Fsp3) is 0.222. The average molecular weight is 312 g/mol. The number of rotatable bonds is 2. The lowest BCUT2D eigenvalue weighted by atomic mass is 10.0. The lowest BCUT2D eigenvalue weighted by molar-refractivity contribution is 0.0600. The van der Waals surface area contributed by atoms with E-state index in [2.05, 4.69) is 0 Å². The molecule has 2 aromatic rings. The highest BCUT2D eigenvalue weighted by Crippen LogP contribution is 2.38. The number of ketones is 1. The first-order chi connectivity index (χ1) is 10.6. The normalized spacial score (nSPS) is 12.8. The molecule has 3 rings (SSSR count). The molecule has 0 saturated heterocycles. The van der Waals surface area contributed by atoms with Gasteiger partial charge in [0.15, 0.2) is 5.78 Å². The van der Waals surface area contributed by atoms with Crippen LogP contribution in [0.3, 0.4) is 0 Å². The maximum atomic E-state index is 11.7. The number of Topliss-reactive ketones (excluding diaryl/α,β-unsaturated/α-hetero) is 1. The summed E-state index contributed by atoms with van der Waals surface area (Å²) in [7, 11) is 1.39. The van der Waals surface area contributed by atoms with Crippen molar-refractivity contribution in [3.8, 4) is 0 Å². The third-order valence-electron chi connectivity index (χ3n) is 3.84. The van der Waals surface area contributed by atoms with Crippen molar-refractivity contribution in [2.75, 3.05) is 7.11 Å². The van der Waals surface area contributed by atoms with Gasteiger partial charge in [0.2, 0.25) is 0 Å². The molecule has 0 radical (unpaired) electrons. The van der Waals surface area contributed by atoms with Crippen LogP contribution in [0.2, 0.25) is 0 Å². The van der Waals surface area contributed by atoms with Crippen molar-refractivity contribution in [2.24, 2.45) is 0 Å². The Bertz CT molecular complexity index is 765. The van der Waals surface area contributed by atoms with Gasteiger partial charge in [-0.25, -0.2) is 4.79 Å². The van der Waals surface area contributed by atoms with Gasteiger partial charge >= 0.3 is 5.97 Å². The molecule has 0 amide bonds. The van der Waals surface area contributed by atoms with Crippen LogP contribution in [0.4, 0.5) is 0 Å². The second-order valence-electron chi connectivity index (χ2n) is 5.29. The van der Waals surface area contributed by atoms with Crippen LogP contribution in [-0.2, 0) is 17.6 Å². The molecule has 4 heteroatoms. The van der Waals surface area contributed by atoms with Crippen molar-refractivity contribution in [2.45, 2.75) is 29.6 Å². The molecule has 22 heavy (non-hydrogen) atoms. The van der Waals surface area contributed by atoms with Crippen molar-refractivity contribution in [1.29, 1.82) is 0 Å². The number of aryl methyl sites for hydroxylation is 2. The summed E-state index contributed by atoms with van der Waals surface area (Å²) in [4.78, 5) is 25.4. The summed E-state index contributed by atoms with van der Waals surface area (Å²) < 4.78 is 4.78. The molecule has 0 aliphatic carbocycles. The standard InChI is InChI=1S/C18H16O3S/c1-11(19)13-7-8-16-14(9-13)5-3-12-4-6-15(18(20)21-2)10-17(12)22-16/h4,6-10H,3,5H2,1-2H3. The van der Waals surface area contributed by atoms with Crippen LogP contribution in [0.15, 0.2) is 46.2 Å². The predicted octanol–water partition coefficient (Wildman–Crippen LogP) is 3.93. The van der Waals surface area contributed by atoms with Crippen LogP contribution in [-0.4, -0.2) is 18.9 Å². The molecular weight excluding hydrogens is 296 g/mol. The van der Waals surface area contributed by atoms with Crippen LogP contribution in [0.5, 0.6) is 0 Å². The topological polar surface area (TPSA) is 43.4 Å². The Morgan fingerprint density at radius 2 is 1.68 bits per heavy atom. The first kappa shape index (κ1) is 14.9. The molecule has 3 nitrogen and oxygen atoms in total. The van der Waals surface area contributed by atoms with E-state index in [-0.39, 0.29) is 11.8 Å². The zero-order chi connectivity index (χ0) is 15.7. The van der Waals surface area contributed by atoms with Gasteiger partial charge in [0.1, 0.15) is 0 Å². The first-order valence-corrected chi connectivity index (χ1v) is 7.93. The van der Waals surface area contributed by atoms with E-state index in [0.717, 1.165) is 28.2 Å². The number of carbonyl (C=O) groups is 2. The zero-order valence-corrected chi connectivity index (χ0v) is 13.3. The van der Waals surface area contributed by atoms with Crippen molar-refractivity contribution in [1.82, 2.24) is 0 Å². The number of carbonyl (C=O) groups excluding carboxylic acids is 2. The van der Waals surface area contributed by atoms with Gasteiger partial charge in [-0.15, -0.1) is 0 Å². The van der Waals surface area contributed by atoms with E-state index in [9.17, 15) is 9.59 Å². The van der Waals surface area contributed by atoms with E-state index >= 15 is 0 Å². The molecule has 0 saturated carbocycles. The minimum Gasteiger partial charge on any atom is -0.465 e. The van der Waals surface area contributed by atoms with Gasteiger partial charge in [0, 0.05) is 15.4 Å². The van der Waals surface area contributed by atoms with Crippen molar-refractivity contribution >= 4 is 23.5 Å². The van der Waals surface area contributed by atoms with Gasteiger partial charge in [-0.05, 0) is 55.2 Å². The highest BCUT2D eigenvalue weighted by Gasteiger charge is 2.17. The largest absolute Gasteiger partial charge is 0.465 e. The third-order valence-corrected chi connectivity index (χ3v) is 5.06.